The van der Waals surface area contributed by atoms with E-state index in [-0.39, 0.29) is 11.6 Å². The molecule has 0 atom stereocenters. The number of nitrogens with two attached hydrogens (primary N) is 1. The first kappa shape index (κ1) is 22.2. The largest absolute Gasteiger partial charge is 0.494 e. The van der Waals surface area contributed by atoms with Crippen molar-refractivity contribution in [1.82, 2.24) is 25.6 Å². The molecule has 0 unspecified atom stereocenters. The summed E-state index contributed by atoms with van der Waals surface area (Å²) in [4.78, 5) is 17.9. The van der Waals surface area contributed by atoms with Crippen LogP contribution in [0.4, 0.5) is 5.69 Å². The van der Waals surface area contributed by atoms with Crippen LogP contribution in [-0.4, -0.2) is 38.0 Å². The predicted molar refractivity (Wildman–Crippen MR) is 134 cm³/mol. The number of fused-ring (bicyclic) bond motifs is 1. The number of carbonyl (C=O) groups is 1. The third-order valence-corrected chi connectivity index (χ3v) is 5.76. The highest BCUT2D eigenvalue weighted by molar-refractivity contribution is 6.16. The van der Waals surface area contributed by atoms with Gasteiger partial charge in [-0.2, -0.15) is 5.21 Å². The zero-order valence-electron chi connectivity index (χ0n) is 19.0. The number of aromatic amines is 1. The molecule has 0 amide bonds. The van der Waals surface area contributed by atoms with E-state index in [9.17, 15) is 4.79 Å². The molecule has 8 nitrogen and oxygen atoms in total. The number of nitrogen functional groups attached to an aromatic ring is 1. The minimum absolute atomic E-state index is 0.138. The zero-order chi connectivity index (χ0) is 24.0. The summed E-state index contributed by atoms with van der Waals surface area (Å²) < 4.78 is 5.86. The van der Waals surface area contributed by atoms with E-state index in [4.69, 9.17) is 10.5 Å². The van der Waals surface area contributed by atoms with Crippen molar-refractivity contribution in [2.45, 2.75) is 19.3 Å². The van der Waals surface area contributed by atoms with Crippen LogP contribution >= 0.6 is 0 Å². The third kappa shape index (κ3) is 5.01. The second-order valence-corrected chi connectivity index (χ2v) is 8.18. The number of tetrazole rings is 1. The lowest BCUT2D eigenvalue weighted by Crippen LogP contribution is -2.05. The maximum Gasteiger partial charge on any atom is 0.225 e. The molecule has 3 N–H and O–H groups in total. The summed E-state index contributed by atoms with van der Waals surface area (Å²) in [7, 11) is 0. The Morgan fingerprint density at radius 3 is 2.54 bits per heavy atom. The van der Waals surface area contributed by atoms with Crippen molar-refractivity contribution in [2.75, 3.05) is 12.3 Å². The number of anilines is 1. The standard InChI is InChI=1S/C27H24N6O2/c28-23-17-20-10-6-11-22(24(20)29-25(23)27-30-32-33-31-27)26(34)19-12-14-21(15-13-19)35-16-5-4-9-18-7-2-1-3-8-18/h1-3,6-8,10-15,17H,4-5,9,16,28H2,(H,30,31,32,33). The summed E-state index contributed by atoms with van der Waals surface area (Å²) in [6.07, 6.45) is 3.06. The topological polar surface area (TPSA) is 120 Å². The Hall–Kier alpha value is -4.59. The van der Waals surface area contributed by atoms with E-state index in [0.717, 1.165) is 30.4 Å². The number of para-hydroxylation sites is 1. The Bertz CT molecular complexity index is 1430. The number of hydrogen-bond donors (Lipinski definition) is 2. The maximum atomic E-state index is 13.3. The molecule has 5 aromatic rings. The van der Waals surface area contributed by atoms with Crippen LogP contribution in [0, 0.1) is 0 Å². The molecule has 8 heteroatoms. The number of nitrogens with zero attached hydrogens (tertiary/aromatic N) is 4. The molecular weight excluding hydrogens is 440 g/mol. The number of carbonyl (C=O) groups excluding carboxylic acids is 1. The number of unbranched alkanes of at least 4 members (excludes halogenated alkanes) is 1. The van der Waals surface area contributed by atoms with Gasteiger partial charge in [-0.3, -0.25) is 4.79 Å². The lowest BCUT2D eigenvalue weighted by atomic mass is 9.99. The third-order valence-electron chi connectivity index (χ3n) is 5.76. The lowest BCUT2D eigenvalue weighted by molar-refractivity contribution is 0.104. The predicted octanol–water partition coefficient (Wildman–Crippen LogP) is 4.63. The monoisotopic (exact) mass is 464 g/mol. The van der Waals surface area contributed by atoms with Crippen LogP contribution in [0.25, 0.3) is 22.4 Å². The second-order valence-electron chi connectivity index (χ2n) is 8.18. The van der Waals surface area contributed by atoms with Gasteiger partial charge in [0, 0.05) is 16.5 Å². The van der Waals surface area contributed by atoms with Crippen LogP contribution < -0.4 is 10.5 Å². The summed E-state index contributed by atoms with van der Waals surface area (Å²) in [5.41, 5.74) is 9.82. The van der Waals surface area contributed by atoms with Gasteiger partial charge in [0.15, 0.2) is 5.78 Å². The van der Waals surface area contributed by atoms with Crippen LogP contribution in [0.1, 0.15) is 34.3 Å². The van der Waals surface area contributed by atoms with Crippen LogP contribution in [0.5, 0.6) is 5.75 Å². The smallest absolute Gasteiger partial charge is 0.225 e. The molecule has 0 aliphatic heterocycles. The van der Waals surface area contributed by atoms with E-state index in [1.54, 1.807) is 24.3 Å². The Balaban J connectivity index is 1.27. The molecule has 35 heavy (non-hydrogen) atoms. The minimum Gasteiger partial charge on any atom is -0.494 e. The van der Waals surface area contributed by atoms with E-state index in [1.807, 2.05) is 30.3 Å². The maximum absolute atomic E-state index is 13.3. The molecule has 5 rings (SSSR count). The molecule has 174 valence electrons. The van der Waals surface area contributed by atoms with Crippen molar-refractivity contribution < 1.29 is 9.53 Å². The number of hydrogen-bond acceptors (Lipinski definition) is 7. The van der Waals surface area contributed by atoms with E-state index in [1.165, 1.54) is 5.56 Å². The first-order valence-corrected chi connectivity index (χ1v) is 11.4. The van der Waals surface area contributed by atoms with Crippen LogP contribution in [0.2, 0.25) is 0 Å². The molecule has 2 aromatic heterocycles. The number of H-pyrrole nitrogens is 1. The molecule has 0 radical (unpaired) electrons. The normalized spacial score (nSPS) is 11.0. The number of nitrogens with one attached hydrogen (secondary N) is 1. The van der Waals surface area contributed by atoms with Crippen LogP contribution in [-0.2, 0) is 6.42 Å². The van der Waals surface area contributed by atoms with E-state index in [0.29, 0.717) is 34.6 Å². The minimum atomic E-state index is -0.138. The molecular formula is C27H24N6O2. The average molecular weight is 465 g/mol. The van der Waals surface area contributed by atoms with Gasteiger partial charge in [0.25, 0.3) is 0 Å². The first-order chi connectivity index (χ1) is 17.2. The van der Waals surface area contributed by atoms with Crippen molar-refractivity contribution in [3.63, 3.8) is 0 Å². The lowest BCUT2D eigenvalue weighted by Gasteiger charge is -2.10. The fourth-order valence-electron chi connectivity index (χ4n) is 3.96. The van der Waals surface area contributed by atoms with Crippen molar-refractivity contribution in [3.8, 4) is 17.3 Å². The van der Waals surface area contributed by atoms with Crippen LogP contribution in [0.3, 0.4) is 0 Å². The highest BCUT2D eigenvalue weighted by Crippen LogP contribution is 2.28. The number of aryl methyl sites for hydroxylation is 1. The van der Waals surface area contributed by atoms with Crippen molar-refractivity contribution in [3.05, 3.63) is 95.6 Å². The summed E-state index contributed by atoms with van der Waals surface area (Å²) >= 11 is 0. The van der Waals surface area contributed by atoms with Gasteiger partial charge in [0.05, 0.1) is 17.8 Å². The highest BCUT2D eigenvalue weighted by Gasteiger charge is 2.17. The summed E-state index contributed by atoms with van der Waals surface area (Å²) in [5.74, 6) is 0.878. The van der Waals surface area contributed by atoms with Gasteiger partial charge in [-0.1, -0.05) is 42.5 Å². The molecule has 0 saturated carbocycles. The molecule has 0 saturated heterocycles. The summed E-state index contributed by atoms with van der Waals surface area (Å²) in [6.45, 7) is 0.633. The molecule has 0 fully saturated rings. The number of rotatable bonds is 9. The highest BCUT2D eigenvalue weighted by atomic mass is 16.5. The molecule has 0 spiro atoms. The fraction of sp³-hybridized carbons (Fsp3) is 0.148. The Labute approximate surface area is 202 Å². The number of benzene rings is 3. The number of ketones is 1. The van der Waals surface area contributed by atoms with Gasteiger partial charge in [0.2, 0.25) is 5.82 Å². The van der Waals surface area contributed by atoms with Gasteiger partial charge in [-0.15, -0.1) is 10.2 Å². The van der Waals surface area contributed by atoms with Gasteiger partial charge in [0.1, 0.15) is 11.4 Å². The van der Waals surface area contributed by atoms with Gasteiger partial charge in [-0.25, -0.2) is 4.98 Å². The van der Waals surface area contributed by atoms with Gasteiger partial charge >= 0.3 is 0 Å². The average Bonchev–Trinajstić information content (AvgIpc) is 3.43. The SMILES string of the molecule is Nc1cc2cccc(C(=O)c3ccc(OCCCCc4ccccc4)cc3)c2nc1-c1nn[nH]n1. The number of ether oxygens (including phenoxy) is 1. The molecule has 3 aromatic carbocycles. The number of pyridine rings is 1. The van der Waals surface area contributed by atoms with E-state index < -0.39 is 0 Å². The Kier molecular flexibility index (Phi) is 6.43. The quantitative estimate of drug-likeness (QED) is 0.241. The van der Waals surface area contributed by atoms with E-state index in [2.05, 4.69) is 49.9 Å². The van der Waals surface area contributed by atoms with Crippen molar-refractivity contribution >= 4 is 22.4 Å². The van der Waals surface area contributed by atoms with Gasteiger partial charge < -0.3 is 10.5 Å². The van der Waals surface area contributed by atoms with E-state index >= 15 is 0 Å². The van der Waals surface area contributed by atoms with Crippen LogP contribution in [0.15, 0.2) is 78.9 Å². The summed E-state index contributed by atoms with van der Waals surface area (Å²) in [5, 5.41) is 14.6. The zero-order valence-corrected chi connectivity index (χ0v) is 19.0. The molecule has 0 aliphatic carbocycles. The Morgan fingerprint density at radius 1 is 0.943 bits per heavy atom. The Morgan fingerprint density at radius 2 is 1.77 bits per heavy atom. The number of aromatic nitrogens is 5. The first-order valence-electron chi connectivity index (χ1n) is 11.4. The molecule has 0 bridgehead atoms. The van der Waals surface area contributed by atoms with Crippen molar-refractivity contribution in [2.24, 2.45) is 0 Å². The van der Waals surface area contributed by atoms with Gasteiger partial charge in [-0.05, 0) is 66.4 Å². The second kappa shape index (κ2) is 10.1. The molecule has 0 aliphatic rings. The molecule has 2 heterocycles. The fourth-order valence-corrected chi connectivity index (χ4v) is 3.96. The summed E-state index contributed by atoms with van der Waals surface area (Å²) in [6, 6.07) is 24.8. The van der Waals surface area contributed by atoms with Crippen molar-refractivity contribution in [1.29, 1.82) is 0 Å².